The van der Waals surface area contributed by atoms with E-state index in [1.54, 1.807) is 36.5 Å². The molecule has 196 valence electrons. The highest BCUT2D eigenvalue weighted by molar-refractivity contribution is 6.32. The standard InChI is InChI=1S/C16H14ClN3O3.C9H16O2.CH3Cl/c1-9(2)22-16-13(17)7-11(8-18-16)15-19-14(20-23-15)10-3-5-12(21)6-4-10;1-9(2,3)11-8(10)7-5-4-6-7;1-2/h3-9,21H,1-2H3;7H,4-6H2,1-3H3;1H3. The Balaban J connectivity index is 0.000000295. The van der Waals surface area contributed by atoms with Crippen molar-refractivity contribution in [3.63, 3.8) is 0 Å². The molecule has 2 aromatic heterocycles. The van der Waals surface area contributed by atoms with E-state index in [4.69, 9.17) is 25.6 Å². The number of halogens is 2. The quantitative estimate of drug-likeness (QED) is 0.275. The highest BCUT2D eigenvalue weighted by atomic mass is 35.5. The van der Waals surface area contributed by atoms with E-state index in [0.29, 0.717) is 28.2 Å². The molecule has 4 rings (SSSR count). The van der Waals surface area contributed by atoms with Crippen LogP contribution >= 0.6 is 23.2 Å². The van der Waals surface area contributed by atoms with Crippen molar-refractivity contribution < 1.29 is 23.9 Å². The van der Waals surface area contributed by atoms with E-state index in [2.05, 4.69) is 26.7 Å². The monoisotopic (exact) mass is 537 g/mol. The summed E-state index contributed by atoms with van der Waals surface area (Å²) in [7, 11) is 0. The highest BCUT2D eigenvalue weighted by Crippen LogP contribution is 2.30. The van der Waals surface area contributed by atoms with Crippen molar-refractivity contribution in [1.82, 2.24) is 15.1 Å². The van der Waals surface area contributed by atoms with Crippen LogP contribution in [0.15, 0.2) is 41.1 Å². The molecule has 0 radical (unpaired) electrons. The maximum Gasteiger partial charge on any atom is 0.309 e. The second-order valence-corrected chi connectivity index (χ2v) is 9.72. The number of esters is 1. The Hall–Kier alpha value is -2.84. The predicted molar refractivity (Wildman–Crippen MR) is 140 cm³/mol. The summed E-state index contributed by atoms with van der Waals surface area (Å²) in [5.41, 5.74) is 1.02. The Bertz CT molecular complexity index is 1110. The molecule has 0 aliphatic heterocycles. The zero-order valence-electron chi connectivity index (χ0n) is 21.4. The minimum absolute atomic E-state index is 0.0104. The smallest absolute Gasteiger partial charge is 0.309 e. The lowest BCUT2D eigenvalue weighted by atomic mass is 9.85. The van der Waals surface area contributed by atoms with Gasteiger partial charge in [-0.25, -0.2) is 4.98 Å². The number of carbonyl (C=O) groups is 1. The molecule has 0 saturated heterocycles. The minimum atomic E-state index is -0.313. The van der Waals surface area contributed by atoms with Crippen LogP contribution in [0.25, 0.3) is 22.8 Å². The largest absolute Gasteiger partial charge is 0.508 e. The third-order valence-electron chi connectivity index (χ3n) is 4.80. The van der Waals surface area contributed by atoms with Crippen molar-refractivity contribution in [1.29, 1.82) is 0 Å². The van der Waals surface area contributed by atoms with Crippen molar-refractivity contribution in [3.05, 3.63) is 41.6 Å². The summed E-state index contributed by atoms with van der Waals surface area (Å²) in [5.74, 6) is 1.45. The van der Waals surface area contributed by atoms with Gasteiger partial charge in [-0.05, 0) is 77.8 Å². The fraction of sp³-hybridized carbons (Fsp3) is 0.462. The maximum absolute atomic E-state index is 11.2. The van der Waals surface area contributed by atoms with E-state index in [1.807, 2.05) is 34.6 Å². The fourth-order valence-corrected chi connectivity index (χ4v) is 3.16. The molecule has 10 heteroatoms. The normalized spacial score (nSPS) is 13.0. The van der Waals surface area contributed by atoms with E-state index in [-0.39, 0.29) is 29.3 Å². The average Bonchev–Trinajstić information content (AvgIpc) is 3.25. The zero-order chi connectivity index (χ0) is 26.9. The summed E-state index contributed by atoms with van der Waals surface area (Å²) in [6, 6.07) is 8.19. The van der Waals surface area contributed by atoms with Gasteiger partial charge in [-0.15, -0.1) is 11.6 Å². The predicted octanol–water partition coefficient (Wildman–Crippen LogP) is 6.93. The molecule has 1 fully saturated rings. The summed E-state index contributed by atoms with van der Waals surface area (Å²) >= 11 is 10.8. The van der Waals surface area contributed by atoms with Gasteiger partial charge < -0.3 is 19.1 Å². The second kappa shape index (κ2) is 13.5. The van der Waals surface area contributed by atoms with E-state index in [9.17, 15) is 9.90 Å². The highest BCUT2D eigenvalue weighted by Gasteiger charge is 2.29. The van der Waals surface area contributed by atoms with Crippen molar-refractivity contribution in [2.75, 3.05) is 6.38 Å². The molecule has 1 N–H and O–H groups in total. The third-order valence-corrected chi connectivity index (χ3v) is 5.07. The molecule has 3 aromatic rings. The number of nitrogens with zero attached hydrogens (tertiary/aromatic N) is 3. The number of rotatable bonds is 5. The number of pyridine rings is 1. The van der Waals surface area contributed by atoms with Gasteiger partial charge in [0, 0.05) is 18.1 Å². The molecular weight excluding hydrogens is 505 g/mol. The van der Waals surface area contributed by atoms with Gasteiger partial charge in [0.05, 0.1) is 17.6 Å². The van der Waals surface area contributed by atoms with Crippen molar-refractivity contribution in [2.24, 2.45) is 5.92 Å². The summed E-state index contributed by atoms with van der Waals surface area (Å²) in [4.78, 5) is 19.7. The molecule has 0 amide bonds. The summed E-state index contributed by atoms with van der Waals surface area (Å²) in [6.07, 6.45) is 6.25. The molecule has 8 nitrogen and oxygen atoms in total. The summed E-state index contributed by atoms with van der Waals surface area (Å²) in [6.45, 7) is 9.51. The number of aromatic nitrogens is 3. The first-order chi connectivity index (χ1) is 17.0. The van der Waals surface area contributed by atoms with E-state index in [0.717, 1.165) is 18.4 Å². The molecule has 1 aromatic carbocycles. The summed E-state index contributed by atoms with van der Waals surface area (Å²) in [5, 5.41) is 13.6. The Morgan fingerprint density at radius 1 is 1.14 bits per heavy atom. The van der Waals surface area contributed by atoms with Crippen molar-refractivity contribution in [3.8, 4) is 34.5 Å². The minimum Gasteiger partial charge on any atom is -0.508 e. The molecule has 0 atom stereocenters. The lowest BCUT2D eigenvalue weighted by Crippen LogP contribution is -2.31. The van der Waals surface area contributed by atoms with E-state index in [1.165, 1.54) is 12.8 Å². The van der Waals surface area contributed by atoms with Crippen LogP contribution in [-0.2, 0) is 9.53 Å². The molecule has 0 unspecified atom stereocenters. The van der Waals surface area contributed by atoms with E-state index >= 15 is 0 Å². The number of hydrogen-bond donors (Lipinski definition) is 1. The van der Waals surface area contributed by atoms with Gasteiger partial charge in [0.15, 0.2) is 0 Å². The van der Waals surface area contributed by atoms with E-state index < -0.39 is 0 Å². The molecule has 1 saturated carbocycles. The molecule has 36 heavy (non-hydrogen) atoms. The number of phenolic OH excluding ortho intramolecular Hbond substituents is 1. The van der Waals surface area contributed by atoms with Crippen LogP contribution in [0.2, 0.25) is 5.02 Å². The van der Waals surface area contributed by atoms with Gasteiger partial charge in [-0.3, -0.25) is 4.79 Å². The first-order valence-corrected chi connectivity index (χ1v) is 12.7. The van der Waals surface area contributed by atoms with Gasteiger partial charge in [0.2, 0.25) is 11.7 Å². The molecular formula is C26H33Cl2N3O5. The van der Waals surface area contributed by atoms with Crippen LogP contribution in [0, 0.1) is 5.92 Å². The van der Waals surface area contributed by atoms with Gasteiger partial charge in [-0.2, -0.15) is 4.98 Å². The number of carbonyl (C=O) groups excluding carboxylic acids is 1. The Kier molecular flexibility index (Phi) is 11.0. The maximum atomic E-state index is 11.2. The fourth-order valence-electron chi connectivity index (χ4n) is 2.95. The number of ether oxygens (including phenoxy) is 2. The van der Waals surface area contributed by atoms with Crippen LogP contribution in [0.3, 0.4) is 0 Å². The molecule has 0 spiro atoms. The SMILES string of the molecule is CC(C)(C)OC(=O)C1CCC1.CC(C)Oc1ncc(-c2nc(-c3ccc(O)cc3)no2)cc1Cl.CCl. The Labute approximate surface area is 221 Å². The second-order valence-electron chi connectivity index (χ2n) is 9.31. The number of aromatic hydroxyl groups is 1. The Morgan fingerprint density at radius 3 is 2.28 bits per heavy atom. The molecule has 0 bridgehead atoms. The van der Waals surface area contributed by atoms with Crippen LogP contribution in [-0.4, -0.2) is 44.3 Å². The lowest BCUT2D eigenvalue weighted by Gasteiger charge is -2.28. The topological polar surface area (TPSA) is 108 Å². The number of hydrogen-bond acceptors (Lipinski definition) is 8. The van der Waals surface area contributed by atoms with Gasteiger partial charge in [0.25, 0.3) is 5.89 Å². The molecule has 1 aliphatic rings. The molecule has 2 heterocycles. The lowest BCUT2D eigenvalue weighted by molar-refractivity contribution is -0.162. The van der Waals surface area contributed by atoms with Gasteiger partial charge in [-0.1, -0.05) is 23.2 Å². The van der Waals surface area contributed by atoms with Crippen molar-refractivity contribution >= 4 is 29.2 Å². The zero-order valence-corrected chi connectivity index (χ0v) is 22.9. The summed E-state index contributed by atoms with van der Waals surface area (Å²) < 4.78 is 15.9. The van der Waals surface area contributed by atoms with Gasteiger partial charge in [0.1, 0.15) is 16.4 Å². The Morgan fingerprint density at radius 2 is 1.78 bits per heavy atom. The molecule has 1 aliphatic carbocycles. The first kappa shape index (κ1) is 29.4. The number of phenols is 1. The van der Waals surface area contributed by atoms with Crippen LogP contribution in [0.5, 0.6) is 11.6 Å². The van der Waals surface area contributed by atoms with Crippen LogP contribution < -0.4 is 4.74 Å². The number of benzene rings is 1. The van der Waals surface area contributed by atoms with Crippen molar-refractivity contribution in [2.45, 2.75) is 65.6 Å². The van der Waals surface area contributed by atoms with Crippen LogP contribution in [0.1, 0.15) is 53.9 Å². The number of alkyl halides is 1. The third kappa shape index (κ3) is 8.99. The van der Waals surface area contributed by atoms with Crippen LogP contribution in [0.4, 0.5) is 0 Å². The first-order valence-electron chi connectivity index (χ1n) is 11.6. The van der Waals surface area contributed by atoms with Gasteiger partial charge >= 0.3 is 5.97 Å². The average molecular weight is 538 g/mol.